The third-order valence-electron chi connectivity index (χ3n) is 7.70. The van der Waals surface area contributed by atoms with Gasteiger partial charge < -0.3 is 19.9 Å². The standard InChI is InChI=1S/C28H48N4O5/c1-18(2)22(17-19(3)25(34)32-16-12-14-21(32)27(36)37-9)31(8)26(35)23(28(4,5)6)29-24(33)20-13-10-11-15-30(20)7/h17-18,20-23H,10-16H2,1-9H3,(H,29,33)/b19-17+/t20-,21+,22-,23?/m1/s1. The van der Waals surface area contributed by atoms with E-state index in [-0.39, 0.29) is 35.7 Å². The fourth-order valence-corrected chi connectivity index (χ4v) is 5.34. The maximum atomic E-state index is 13.8. The minimum atomic E-state index is -0.715. The second-order valence-electron chi connectivity index (χ2n) is 12.0. The van der Waals surface area contributed by atoms with Crippen molar-refractivity contribution in [2.24, 2.45) is 11.3 Å². The predicted molar refractivity (Wildman–Crippen MR) is 144 cm³/mol. The molecule has 0 saturated carbocycles. The number of piperidine rings is 1. The third kappa shape index (κ3) is 7.55. The van der Waals surface area contributed by atoms with Crippen LogP contribution in [0.25, 0.3) is 0 Å². The maximum Gasteiger partial charge on any atom is 0.328 e. The van der Waals surface area contributed by atoms with Crippen LogP contribution < -0.4 is 5.32 Å². The van der Waals surface area contributed by atoms with Gasteiger partial charge in [-0.15, -0.1) is 0 Å². The number of ether oxygens (including phenoxy) is 1. The lowest BCUT2D eigenvalue weighted by Crippen LogP contribution is -2.59. The summed E-state index contributed by atoms with van der Waals surface area (Å²) in [6, 6.07) is -1.89. The highest BCUT2D eigenvalue weighted by atomic mass is 16.5. The van der Waals surface area contributed by atoms with E-state index in [9.17, 15) is 19.2 Å². The maximum absolute atomic E-state index is 13.8. The summed E-state index contributed by atoms with van der Waals surface area (Å²) in [4.78, 5) is 57.7. The molecule has 210 valence electrons. The lowest BCUT2D eigenvalue weighted by Gasteiger charge is -2.39. The molecule has 9 heteroatoms. The van der Waals surface area contributed by atoms with Crippen molar-refractivity contribution in [2.75, 3.05) is 34.3 Å². The van der Waals surface area contributed by atoms with Crippen molar-refractivity contribution in [1.29, 1.82) is 0 Å². The molecule has 2 aliphatic heterocycles. The lowest BCUT2D eigenvalue weighted by atomic mass is 9.84. The third-order valence-corrected chi connectivity index (χ3v) is 7.70. The summed E-state index contributed by atoms with van der Waals surface area (Å²) in [5.41, 5.74) is -0.0255. The van der Waals surface area contributed by atoms with E-state index < -0.39 is 23.5 Å². The number of nitrogens with one attached hydrogen (secondary N) is 1. The minimum absolute atomic E-state index is 0.0208. The number of likely N-dealkylation sites (tertiary alicyclic amines) is 2. The quantitative estimate of drug-likeness (QED) is 0.390. The van der Waals surface area contributed by atoms with Crippen molar-refractivity contribution < 1.29 is 23.9 Å². The lowest BCUT2D eigenvalue weighted by molar-refractivity contribution is -0.149. The van der Waals surface area contributed by atoms with Gasteiger partial charge in [0.1, 0.15) is 12.1 Å². The van der Waals surface area contributed by atoms with Crippen LogP contribution in [0.15, 0.2) is 11.6 Å². The first kappa shape index (κ1) is 30.8. The number of rotatable bonds is 8. The largest absolute Gasteiger partial charge is 0.467 e. The van der Waals surface area contributed by atoms with E-state index in [1.807, 2.05) is 47.7 Å². The molecule has 2 heterocycles. The topological polar surface area (TPSA) is 99.3 Å². The normalized spacial score (nSPS) is 23.0. The summed E-state index contributed by atoms with van der Waals surface area (Å²) in [6.45, 7) is 12.9. The van der Waals surface area contributed by atoms with E-state index in [4.69, 9.17) is 4.74 Å². The van der Waals surface area contributed by atoms with Crippen LogP contribution in [0.5, 0.6) is 0 Å². The highest BCUT2D eigenvalue weighted by Gasteiger charge is 2.40. The number of carbonyl (C=O) groups is 4. The van der Waals surface area contributed by atoms with Gasteiger partial charge in [0.2, 0.25) is 17.7 Å². The molecule has 2 fully saturated rings. The van der Waals surface area contributed by atoms with Crippen molar-refractivity contribution in [2.45, 2.75) is 97.8 Å². The summed E-state index contributed by atoms with van der Waals surface area (Å²) in [6.07, 6.45) is 5.99. The first-order chi connectivity index (χ1) is 17.2. The number of nitrogens with zero attached hydrogens (tertiary/aromatic N) is 3. The smallest absolute Gasteiger partial charge is 0.328 e. The average molecular weight is 521 g/mol. The molecule has 37 heavy (non-hydrogen) atoms. The number of carbonyl (C=O) groups excluding carboxylic acids is 4. The van der Waals surface area contributed by atoms with E-state index in [0.717, 1.165) is 32.2 Å². The van der Waals surface area contributed by atoms with E-state index >= 15 is 0 Å². The Hall–Kier alpha value is -2.42. The molecule has 2 aliphatic rings. The highest BCUT2D eigenvalue weighted by Crippen LogP contribution is 2.26. The Morgan fingerprint density at radius 2 is 1.65 bits per heavy atom. The van der Waals surface area contributed by atoms with Crippen LogP contribution in [0.2, 0.25) is 0 Å². The summed E-state index contributed by atoms with van der Waals surface area (Å²) >= 11 is 0. The van der Waals surface area contributed by atoms with Gasteiger partial charge in [0.05, 0.1) is 19.2 Å². The Balaban J connectivity index is 2.25. The van der Waals surface area contributed by atoms with E-state index in [0.29, 0.717) is 18.5 Å². The van der Waals surface area contributed by atoms with Crippen LogP contribution in [0.1, 0.15) is 73.6 Å². The summed E-state index contributed by atoms with van der Waals surface area (Å²) in [5, 5.41) is 3.06. The first-order valence-corrected chi connectivity index (χ1v) is 13.5. The molecule has 0 bridgehead atoms. The second-order valence-corrected chi connectivity index (χ2v) is 12.0. The Bertz CT molecular complexity index is 878. The molecule has 4 atom stereocenters. The molecule has 0 aromatic rings. The van der Waals surface area contributed by atoms with Crippen LogP contribution in [0.4, 0.5) is 0 Å². The van der Waals surface area contributed by atoms with Gasteiger partial charge in [-0.1, -0.05) is 47.1 Å². The predicted octanol–water partition coefficient (Wildman–Crippen LogP) is 2.59. The summed E-state index contributed by atoms with van der Waals surface area (Å²) in [5.74, 6) is -0.913. The molecule has 0 aliphatic carbocycles. The van der Waals surface area contributed by atoms with Crippen molar-refractivity contribution in [3.8, 4) is 0 Å². The molecule has 2 rings (SSSR count). The van der Waals surface area contributed by atoms with E-state index in [1.54, 1.807) is 23.8 Å². The van der Waals surface area contributed by atoms with Gasteiger partial charge in [0.25, 0.3) is 0 Å². The first-order valence-electron chi connectivity index (χ1n) is 13.5. The zero-order valence-corrected chi connectivity index (χ0v) is 24.3. The van der Waals surface area contributed by atoms with Crippen LogP contribution >= 0.6 is 0 Å². The monoisotopic (exact) mass is 520 g/mol. The minimum Gasteiger partial charge on any atom is -0.467 e. The SMILES string of the molecule is COC(=O)[C@@H]1CCCN1C(=O)/C(C)=C/[C@H](C(C)C)N(C)C(=O)C(NC(=O)[C@H]1CCCCN1C)C(C)(C)C. The molecule has 1 N–H and O–H groups in total. The summed E-state index contributed by atoms with van der Waals surface area (Å²) in [7, 11) is 5.01. The Kier molecular flexibility index (Phi) is 10.7. The van der Waals surface area contributed by atoms with Crippen molar-refractivity contribution in [3.05, 3.63) is 11.6 Å². The van der Waals surface area contributed by atoms with Gasteiger partial charge in [0, 0.05) is 19.2 Å². The second kappa shape index (κ2) is 12.9. The van der Waals surface area contributed by atoms with Gasteiger partial charge in [-0.05, 0) is 57.5 Å². The Morgan fingerprint density at radius 3 is 2.19 bits per heavy atom. The Morgan fingerprint density at radius 1 is 1.03 bits per heavy atom. The number of hydrogen-bond acceptors (Lipinski definition) is 6. The molecule has 0 radical (unpaired) electrons. The van der Waals surface area contributed by atoms with Gasteiger partial charge in [-0.3, -0.25) is 19.3 Å². The molecular formula is C28H48N4O5. The van der Waals surface area contributed by atoms with Crippen molar-refractivity contribution >= 4 is 23.7 Å². The van der Waals surface area contributed by atoms with E-state index in [2.05, 4.69) is 10.2 Å². The van der Waals surface area contributed by atoms with Crippen molar-refractivity contribution in [3.63, 3.8) is 0 Å². The average Bonchev–Trinajstić information content (AvgIpc) is 3.33. The molecule has 0 spiro atoms. The van der Waals surface area contributed by atoms with Crippen LogP contribution in [-0.4, -0.2) is 96.9 Å². The molecule has 9 nitrogen and oxygen atoms in total. The van der Waals surface area contributed by atoms with E-state index in [1.165, 1.54) is 7.11 Å². The number of hydrogen-bond donors (Lipinski definition) is 1. The van der Waals surface area contributed by atoms with Crippen LogP contribution in [-0.2, 0) is 23.9 Å². The molecule has 0 aromatic carbocycles. The molecular weight excluding hydrogens is 472 g/mol. The van der Waals surface area contributed by atoms with Crippen molar-refractivity contribution in [1.82, 2.24) is 20.0 Å². The molecule has 1 unspecified atom stereocenters. The highest BCUT2D eigenvalue weighted by molar-refractivity contribution is 5.96. The molecule has 3 amide bonds. The number of likely N-dealkylation sites (N-methyl/N-ethyl adjacent to an activating group) is 2. The fraction of sp³-hybridized carbons (Fsp3) is 0.786. The fourth-order valence-electron chi connectivity index (χ4n) is 5.34. The van der Waals surface area contributed by atoms with Crippen LogP contribution in [0.3, 0.4) is 0 Å². The zero-order chi connectivity index (χ0) is 28.1. The zero-order valence-electron chi connectivity index (χ0n) is 24.3. The van der Waals surface area contributed by atoms with Gasteiger partial charge in [0.15, 0.2) is 0 Å². The number of amides is 3. The van der Waals surface area contributed by atoms with Crippen LogP contribution in [0, 0.1) is 11.3 Å². The summed E-state index contributed by atoms with van der Waals surface area (Å²) < 4.78 is 4.88. The number of methoxy groups -OCH3 is 1. The van der Waals surface area contributed by atoms with Gasteiger partial charge >= 0.3 is 5.97 Å². The van der Waals surface area contributed by atoms with Gasteiger partial charge in [-0.25, -0.2) is 4.79 Å². The number of esters is 1. The molecule has 0 aromatic heterocycles. The molecule has 2 saturated heterocycles. The Labute approximate surface area is 222 Å². The van der Waals surface area contributed by atoms with Gasteiger partial charge in [-0.2, -0.15) is 0 Å².